The van der Waals surface area contributed by atoms with Gasteiger partial charge in [0.2, 0.25) is 0 Å². The van der Waals surface area contributed by atoms with Crippen LogP contribution in [0, 0.1) is 11.6 Å². The summed E-state index contributed by atoms with van der Waals surface area (Å²) in [6.45, 7) is 2.47. The SMILES string of the molecule is CNCC1(c2ccc(F)cc2F)CCNCC1. The van der Waals surface area contributed by atoms with Crippen LogP contribution in [0.15, 0.2) is 18.2 Å². The number of hydrogen-bond donors (Lipinski definition) is 2. The number of benzene rings is 1. The summed E-state index contributed by atoms with van der Waals surface area (Å²) in [6.07, 6.45) is 1.74. The number of halogens is 2. The highest BCUT2D eigenvalue weighted by Crippen LogP contribution is 2.34. The molecule has 0 spiro atoms. The van der Waals surface area contributed by atoms with E-state index in [1.54, 1.807) is 6.07 Å². The first-order valence-corrected chi connectivity index (χ1v) is 5.99. The number of piperidine rings is 1. The molecule has 1 aromatic rings. The van der Waals surface area contributed by atoms with Gasteiger partial charge in [0, 0.05) is 18.0 Å². The third-order valence-corrected chi connectivity index (χ3v) is 3.58. The van der Waals surface area contributed by atoms with Crippen LogP contribution in [0.4, 0.5) is 8.78 Å². The molecule has 4 heteroatoms. The van der Waals surface area contributed by atoms with Crippen LogP contribution < -0.4 is 10.6 Å². The minimum atomic E-state index is -0.514. The molecule has 1 aliphatic heterocycles. The molecule has 2 rings (SSSR count). The van der Waals surface area contributed by atoms with Gasteiger partial charge in [-0.3, -0.25) is 0 Å². The molecule has 0 amide bonds. The zero-order chi connectivity index (χ0) is 12.3. The normalized spacial score (nSPS) is 19.2. The van der Waals surface area contributed by atoms with E-state index in [4.69, 9.17) is 0 Å². The van der Waals surface area contributed by atoms with Crippen molar-refractivity contribution < 1.29 is 8.78 Å². The Kier molecular flexibility index (Phi) is 3.74. The van der Waals surface area contributed by atoms with E-state index >= 15 is 0 Å². The van der Waals surface area contributed by atoms with Crippen LogP contribution in [-0.2, 0) is 5.41 Å². The first-order chi connectivity index (χ1) is 8.18. The highest BCUT2D eigenvalue weighted by Gasteiger charge is 2.35. The van der Waals surface area contributed by atoms with Gasteiger partial charge >= 0.3 is 0 Å². The molecule has 0 unspecified atom stereocenters. The van der Waals surface area contributed by atoms with Gasteiger partial charge in [0.15, 0.2) is 0 Å². The van der Waals surface area contributed by atoms with Crippen molar-refractivity contribution in [2.75, 3.05) is 26.7 Å². The maximum atomic E-state index is 13.9. The minimum absolute atomic E-state index is 0.211. The van der Waals surface area contributed by atoms with E-state index in [1.807, 2.05) is 7.05 Å². The summed E-state index contributed by atoms with van der Waals surface area (Å²) in [6, 6.07) is 3.92. The zero-order valence-corrected chi connectivity index (χ0v) is 10.0. The minimum Gasteiger partial charge on any atom is -0.319 e. The average Bonchev–Trinajstić information content (AvgIpc) is 2.30. The van der Waals surface area contributed by atoms with Crippen molar-refractivity contribution in [1.29, 1.82) is 0 Å². The Morgan fingerprint density at radius 2 is 2.00 bits per heavy atom. The fourth-order valence-electron chi connectivity index (χ4n) is 2.70. The molecule has 1 saturated heterocycles. The van der Waals surface area contributed by atoms with Crippen LogP contribution in [0.2, 0.25) is 0 Å². The fraction of sp³-hybridized carbons (Fsp3) is 0.538. The maximum Gasteiger partial charge on any atom is 0.129 e. The van der Waals surface area contributed by atoms with Crippen LogP contribution in [-0.4, -0.2) is 26.7 Å². The van der Waals surface area contributed by atoms with E-state index in [9.17, 15) is 8.78 Å². The molecular formula is C13H18F2N2. The van der Waals surface area contributed by atoms with E-state index in [0.29, 0.717) is 5.56 Å². The molecular weight excluding hydrogens is 222 g/mol. The van der Waals surface area contributed by atoms with E-state index < -0.39 is 11.6 Å². The molecule has 0 radical (unpaired) electrons. The lowest BCUT2D eigenvalue weighted by molar-refractivity contribution is 0.290. The Morgan fingerprint density at radius 3 is 2.59 bits per heavy atom. The molecule has 1 heterocycles. The lowest BCUT2D eigenvalue weighted by Gasteiger charge is -2.38. The summed E-state index contributed by atoms with van der Waals surface area (Å²) in [4.78, 5) is 0. The number of likely N-dealkylation sites (N-methyl/N-ethyl adjacent to an activating group) is 1. The van der Waals surface area contributed by atoms with Gasteiger partial charge in [-0.2, -0.15) is 0 Å². The number of hydrogen-bond acceptors (Lipinski definition) is 2. The second kappa shape index (κ2) is 5.10. The largest absolute Gasteiger partial charge is 0.319 e. The summed E-state index contributed by atoms with van der Waals surface area (Å²) in [5.74, 6) is -0.943. The topological polar surface area (TPSA) is 24.1 Å². The average molecular weight is 240 g/mol. The van der Waals surface area contributed by atoms with Crippen molar-refractivity contribution >= 4 is 0 Å². The van der Waals surface area contributed by atoms with Crippen LogP contribution in [0.1, 0.15) is 18.4 Å². The summed E-state index contributed by atoms with van der Waals surface area (Å²) in [5.41, 5.74) is 0.423. The monoisotopic (exact) mass is 240 g/mol. The third kappa shape index (κ3) is 2.48. The summed E-state index contributed by atoms with van der Waals surface area (Å²) in [5, 5.41) is 6.40. The molecule has 0 saturated carbocycles. The maximum absolute atomic E-state index is 13.9. The Labute approximate surface area is 100 Å². The molecule has 0 atom stereocenters. The number of rotatable bonds is 3. The second-order valence-electron chi connectivity index (χ2n) is 4.68. The van der Waals surface area contributed by atoms with E-state index in [1.165, 1.54) is 6.07 Å². The van der Waals surface area contributed by atoms with E-state index in [-0.39, 0.29) is 5.41 Å². The molecule has 1 aliphatic rings. The first kappa shape index (κ1) is 12.5. The van der Waals surface area contributed by atoms with Crippen molar-refractivity contribution in [2.45, 2.75) is 18.3 Å². The molecule has 2 N–H and O–H groups in total. The Morgan fingerprint density at radius 1 is 1.29 bits per heavy atom. The van der Waals surface area contributed by atoms with Crippen LogP contribution in [0.3, 0.4) is 0 Å². The second-order valence-corrected chi connectivity index (χ2v) is 4.68. The Hall–Kier alpha value is -1.00. The van der Waals surface area contributed by atoms with Crippen LogP contribution in [0.25, 0.3) is 0 Å². The van der Waals surface area contributed by atoms with Gasteiger partial charge in [-0.15, -0.1) is 0 Å². The lowest BCUT2D eigenvalue weighted by Crippen LogP contribution is -2.46. The molecule has 0 aromatic heterocycles. The predicted molar refractivity (Wildman–Crippen MR) is 64.1 cm³/mol. The van der Waals surface area contributed by atoms with Gasteiger partial charge in [0.1, 0.15) is 11.6 Å². The third-order valence-electron chi connectivity index (χ3n) is 3.58. The predicted octanol–water partition coefficient (Wildman–Crippen LogP) is 1.81. The van der Waals surface area contributed by atoms with Gasteiger partial charge in [-0.1, -0.05) is 6.07 Å². The molecule has 1 aromatic carbocycles. The van der Waals surface area contributed by atoms with Gasteiger partial charge in [0.25, 0.3) is 0 Å². The van der Waals surface area contributed by atoms with Crippen LogP contribution in [0.5, 0.6) is 0 Å². The summed E-state index contributed by atoms with van der Waals surface area (Å²) in [7, 11) is 1.87. The molecule has 1 fully saturated rings. The fourth-order valence-corrected chi connectivity index (χ4v) is 2.70. The standard InChI is InChI=1S/C13H18F2N2/c1-16-9-13(4-6-17-7-5-13)11-3-2-10(14)8-12(11)15/h2-3,8,16-17H,4-7,9H2,1H3. The first-order valence-electron chi connectivity index (χ1n) is 5.99. The quantitative estimate of drug-likeness (QED) is 0.842. The number of nitrogens with one attached hydrogen (secondary N) is 2. The van der Waals surface area contributed by atoms with Crippen molar-refractivity contribution in [3.05, 3.63) is 35.4 Å². The Bertz CT molecular complexity index is 381. The molecule has 0 bridgehead atoms. The van der Waals surface area contributed by atoms with Crippen LogP contribution >= 0.6 is 0 Å². The highest BCUT2D eigenvalue weighted by atomic mass is 19.1. The Balaban J connectivity index is 2.37. The van der Waals surface area contributed by atoms with Crippen molar-refractivity contribution in [3.8, 4) is 0 Å². The van der Waals surface area contributed by atoms with Gasteiger partial charge in [-0.05, 0) is 44.6 Å². The summed E-state index contributed by atoms with van der Waals surface area (Å²) < 4.78 is 26.9. The van der Waals surface area contributed by atoms with Gasteiger partial charge in [0.05, 0.1) is 0 Å². The lowest BCUT2D eigenvalue weighted by atomic mass is 9.73. The van der Waals surface area contributed by atoms with E-state index in [2.05, 4.69) is 10.6 Å². The summed E-state index contributed by atoms with van der Waals surface area (Å²) >= 11 is 0. The molecule has 17 heavy (non-hydrogen) atoms. The smallest absolute Gasteiger partial charge is 0.129 e. The van der Waals surface area contributed by atoms with Crippen molar-refractivity contribution in [3.63, 3.8) is 0 Å². The molecule has 0 aliphatic carbocycles. The molecule has 2 nitrogen and oxygen atoms in total. The van der Waals surface area contributed by atoms with Crippen molar-refractivity contribution in [2.24, 2.45) is 0 Å². The molecule has 94 valence electrons. The van der Waals surface area contributed by atoms with E-state index in [0.717, 1.165) is 38.5 Å². The van der Waals surface area contributed by atoms with Gasteiger partial charge < -0.3 is 10.6 Å². The van der Waals surface area contributed by atoms with Crippen molar-refractivity contribution in [1.82, 2.24) is 10.6 Å². The zero-order valence-electron chi connectivity index (χ0n) is 10.0. The highest BCUT2D eigenvalue weighted by molar-refractivity contribution is 5.29. The van der Waals surface area contributed by atoms with Gasteiger partial charge in [-0.25, -0.2) is 8.78 Å².